The van der Waals surface area contributed by atoms with Gasteiger partial charge in [-0.05, 0) is 36.4 Å². The molecule has 1 N–H and O–H groups in total. The molecule has 0 unspecified atom stereocenters. The number of hydrogen-bond acceptors (Lipinski definition) is 3. The van der Waals surface area contributed by atoms with E-state index in [1.54, 1.807) is 7.11 Å². The molecule has 21 heavy (non-hydrogen) atoms. The van der Waals surface area contributed by atoms with E-state index >= 15 is 0 Å². The number of rotatable bonds is 9. The summed E-state index contributed by atoms with van der Waals surface area (Å²) in [7, 11) is 1.72. The first-order valence-corrected chi connectivity index (χ1v) is 7.70. The first-order chi connectivity index (χ1) is 10.4. The van der Waals surface area contributed by atoms with Crippen LogP contribution in [0.3, 0.4) is 0 Å². The molecule has 0 heterocycles. The Hall–Kier alpha value is -1.58. The van der Waals surface area contributed by atoms with Crippen LogP contribution in [0.4, 0.5) is 0 Å². The topological polar surface area (TPSA) is 30.5 Å². The van der Waals surface area contributed by atoms with E-state index in [1.165, 1.54) is 16.3 Å². The first kappa shape index (κ1) is 15.8. The summed E-state index contributed by atoms with van der Waals surface area (Å²) < 4.78 is 11.1. The summed E-state index contributed by atoms with van der Waals surface area (Å²) in [5.74, 6) is 0.930. The van der Waals surface area contributed by atoms with Gasteiger partial charge in [-0.25, -0.2) is 0 Å². The predicted molar refractivity (Wildman–Crippen MR) is 88.2 cm³/mol. The average Bonchev–Trinajstić information content (AvgIpc) is 2.54. The number of ether oxygens (including phenoxy) is 2. The highest BCUT2D eigenvalue weighted by Crippen LogP contribution is 2.28. The third-order valence-electron chi connectivity index (χ3n) is 3.56. The zero-order chi connectivity index (χ0) is 14.9. The largest absolute Gasteiger partial charge is 0.496 e. The molecule has 0 radical (unpaired) electrons. The molecule has 114 valence electrons. The standard InChI is InChI=1S/C18H25NO2/c1-3-11-19-12-14-21-13-10-15-8-9-18(20-2)17-7-5-4-6-16(15)17/h4-9,19H,3,10-14H2,1-2H3. The first-order valence-electron chi connectivity index (χ1n) is 7.70. The molecule has 0 aliphatic carbocycles. The van der Waals surface area contributed by atoms with Crippen molar-refractivity contribution in [1.29, 1.82) is 0 Å². The Morgan fingerprint density at radius 1 is 0.952 bits per heavy atom. The molecular formula is C18H25NO2. The van der Waals surface area contributed by atoms with E-state index in [1.807, 2.05) is 12.1 Å². The summed E-state index contributed by atoms with van der Waals surface area (Å²) in [6, 6.07) is 12.6. The smallest absolute Gasteiger partial charge is 0.126 e. The van der Waals surface area contributed by atoms with E-state index in [2.05, 4.69) is 36.5 Å². The molecule has 0 aliphatic heterocycles. The van der Waals surface area contributed by atoms with Crippen LogP contribution in [0.1, 0.15) is 18.9 Å². The molecule has 3 heteroatoms. The van der Waals surface area contributed by atoms with Gasteiger partial charge in [0.1, 0.15) is 5.75 Å². The summed E-state index contributed by atoms with van der Waals surface area (Å²) in [6.07, 6.45) is 2.09. The van der Waals surface area contributed by atoms with E-state index in [0.29, 0.717) is 0 Å². The van der Waals surface area contributed by atoms with Crippen LogP contribution in [-0.4, -0.2) is 33.4 Å². The molecule has 0 spiro atoms. The van der Waals surface area contributed by atoms with Crippen molar-refractivity contribution in [2.24, 2.45) is 0 Å². The fourth-order valence-electron chi connectivity index (χ4n) is 2.46. The quantitative estimate of drug-likeness (QED) is 0.717. The van der Waals surface area contributed by atoms with Crippen molar-refractivity contribution in [3.63, 3.8) is 0 Å². The predicted octanol–water partition coefficient (Wildman–Crippen LogP) is 3.41. The van der Waals surface area contributed by atoms with E-state index in [-0.39, 0.29) is 0 Å². The van der Waals surface area contributed by atoms with Gasteiger partial charge in [0.05, 0.1) is 20.3 Å². The van der Waals surface area contributed by atoms with Crippen LogP contribution in [0.25, 0.3) is 10.8 Å². The molecule has 0 saturated carbocycles. The van der Waals surface area contributed by atoms with Crippen LogP contribution < -0.4 is 10.1 Å². The Balaban J connectivity index is 1.90. The highest BCUT2D eigenvalue weighted by atomic mass is 16.5. The molecule has 0 atom stereocenters. The maximum atomic E-state index is 5.70. The molecule has 3 nitrogen and oxygen atoms in total. The van der Waals surface area contributed by atoms with Gasteiger partial charge in [-0.2, -0.15) is 0 Å². The van der Waals surface area contributed by atoms with Gasteiger partial charge in [0.15, 0.2) is 0 Å². The number of methoxy groups -OCH3 is 1. The Labute approximate surface area is 127 Å². The lowest BCUT2D eigenvalue weighted by Gasteiger charge is -2.11. The summed E-state index contributed by atoms with van der Waals surface area (Å²) in [6.45, 7) is 5.69. The molecule has 2 rings (SSSR count). The van der Waals surface area contributed by atoms with Gasteiger partial charge < -0.3 is 14.8 Å². The highest BCUT2D eigenvalue weighted by molar-refractivity contribution is 5.91. The summed E-state index contributed by atoms with van der Waals surface area (Å²) in [5.41, 5.74) is 1.31. The summed E-state index contributed by atoms with van der Waals surface area (Å²) >= 11 is 0. The minimum absolute atomic E-state index is 0.754. The Bertz CT molecular complexity index is 554. The minimum Gasteiger partial charge on any atom is -0.496 e. The highest BCUT2D eigenvalue weighted by Gasteiger charge is 2.05. The van der Waals surface area contributed by atoms with Gasteiger partial charge in [0.2, 0.25) is 0 Å². The number of benzene rings is 2. The number of hydrogen-bond donors (Lipinski definition) is 1. The normalized spacial score (nSPS) is 11.0. The van der Waals surface area contributed by atoms with Gasteiger partial charge in [-0.1, -0.05) is 37.3 Å². The van der Waals surface area contributed by atoms with E-state index < -0.39 is 0 Å². The van der Waals surface area contributed by atoms with Gasteiger partial charge in [-0.15, -0.1) is 0 Å². The van der Waals surface area contributed by atoms with E-state index in [4.69, 9.17) is 9.47 Å². The van der Waals surface area contributed by atoms with Crippen molar-refractivity contribution < 1.29 is 9.47 Å². The molecule has 0 amide bonds. The Morgan fingerprint density at radius 2 is 1.76 bits per heavy atom. The van der Waals surface area contributed by atoms with Crippen molar-refractivity contribution in [3.8, 4) is 5.75 Å². The number of fused-ring (bicyclic) bond motifs is 1. The minimum atomic E-state index is 0.754. The van der Waals surface area contributed by atoms with Gasteiger partial charge in [0, 0.05) is 11.9 Å². The van der Waals surface area contributed by atoms with Crippen LogP contribution in [-0.2, 0) is 11.2 Å². The fraction of sp³-hybridized carbons (Fsp3) is 0.444. The molecule has 0 saturated heterocycles. The lowest BCUT2D eigenvalue weighted by Crippen LogP contribution is -2.20. The average molecular weight is 287 g/mol. The summed E-state index contributed by atoms with van der Waals surface area (Å²) in [4.78, 5) is 0. The van der Waals surface area contributed by atoms with E-state index in [0.717, 1.165) is 44.9 Å². The molecule has 0 fully saturated rings. The third-order valence-corrected chi connectivity index (χ3v) is 3.56. The van der Waals surface area contributed by atoms with Crippen molar-refractivity contribution in [2.45, 2.75) is 19.8 Å². The van der Waals surface area contributed by atoms with Crippen LogP contribution in [0, 0.1) is 0 Å². The van der Waals surface area contributed by atoms with Crippen LogP contribution >= 0.6 is 0 Å². The molecule has 0 bridgehead atoms. The lowest BCUT2D eigenvalue weighted by atomic mass is 10.0. The maximum absolute atomic E-state index is 5.70. The van der Waals surface area contributed by atoms with Crippen molar-refractivity contribution in [3.05, 3.63) is 42.0 Å². The second-order valence-corrected chi connectivity index (χ2v) is 5.08. The SMILES string of the molecule is CCCNCCOCCc1ccc(OC)c2ccccc12. The molecular weight excluding hydrogens is 262 g/mol. The van der Waals surface area contributed by atoms with Crippen LogP contribution in [0.15, 0.2) is 36.4 Å². The molecule has 2 aromatic carbocycles. The van der Waals surface area contributed by atoms with Crippen LogP contribution in [0.2, 0.25) is 0 Å². The van der Waals surface area contributed by atoms with Crippen molar-refractivity contribution >= 4 is 10.8 Å². The van der Waals surface area contributed by atoms with Gasteiger partial charge >= 0.3 is 0 Å². The van der Waals surface area contributed by atoms with Crippen LogP contribution in [0.5, 0.6) is 5.75 Å². The summed E-state index contributed by atoms with van der Waals surface area (Å²) in [5, 5.41) is 5.76. The van der Waals surface area contributed by atoms with Gasteiger partial charge in [-0.3, -0.25) is 0 Å². The second kappa shape index (κ2) is 8.65. The molecule has 0 aromatic heterocycles. The Kier molecular flexibility index (Phi) is 6.51. The zero-order valence-electron chi connectivity index (χ0n) is 13.0. The Morgan fingerprint density at radius 3 is 2.52 bits per heavy atom. The molecule has 0 aliphatic rings. The third kappa shape index (κ3) is 4.45. The van der Waals surface area contributed by atoms with Gasteiger partial charge in [0.25, 0.3) is 0 Å². The van der Waals surface area contributed by atoms with Crippen molar-refractivity contribution in [1.82, 2.24) is 5.32 Å². The molecule has 2 aromatic rings. The zero-order valence-corrected chi connectivity index (χ0v) is 13.0. The monoisotopic (exact) mass is 287 g/mol. The second-order valence-electron chi connectivity index (χ2n) is 5.08. The number of nitrogens with one attached hydrogen (secondary N) is 1. The maximum Gasteiger partial charge on any atom is 0.126 e. The fourth-order valence-corrected chi connectivity index (χ4v) is 2.46. The van der Waals surface area contributed by atoms with E-state index in [9.17, 15) is 0 Å². The lowest BCUT2D eigenvalue weighted by molar-refractivity contribution is 0.139. The van der Waals surface area contributed by atoms with Crippen molar-refractivity contribution in [2.75, 3.05) is 33.4 Å².